The first-order chi connectivity index (χ1) is 8.38. The third-order valence-corrected chi connectivity index (χ3v) is 2.78. The summed E-state index contributed by atoms with van der Waals surface area (Å²) in [5.41, 5.74) is 2.50. The molecule has 0 aliphatic rings. The second-order valence-corrected chi connectivity index (χ2v) is 4.31. The first-order valence-electron chi connectivity index (χ1n) is 6.31. The van der Waals surface area contributed by atoms with Crippen LogP contribution < -0.4 is 0 Å². The van der Waals surface area contributed by atoms with Crippen LogP contribution in [-0.4, -0.2) is 15.0 Å². The molecule has 0 radical (unpaired) electrons. The summed E-state index contributed by atoms with van der Waals surface area (Å²) < 4.78 is 1.93. The van der Waals surface area contributed by atoms with E-state index in [1.807, 2.05) is 4.68 Å². The van der Waals surface area contributed by atoms with Gasteiger partial charge in [-0.3, -0.25) is 4.68 Å². The lowest BCUT2D eigenvalue weighted by molar-refractivity contribution is 0.578. The van der Waals surface area contributed by atoms with E-state index in [2.05, 4.69) is 53.8 Å². The number of hydrogen-bond donors (Lipinski definition) is 0. The standard InChI is InChI=1S/C14H19N3/c1-2-11-17-12-14(15-16-17)10-6-9-13-7-4-3-5-8-13/h3-5,7-8,12H,2,6,9-11H2,1H3. The lowest BCUT2D eigenvalue weighted by Crippen LogP contribution is -1.96. The minimum atomic E-state index is 0.964. The molecule has 0 saturated heterocycles. The van der Waals surface area contributed by atoms with Gasteiger partial charge in [-0.1, -0.05) is 42.5 Å². The molecule has 1 aromatic heterocycles. The Kier molecular flexibility index (Phi) is 4.30. The van der Waals surface area contributed by atoms with Gasteiger partial charge in [0.2, 0.25) is 0 Å². The Balaban J connectivity index is 1.78. The van der Waals surface area contributed by atoms with Gasteiger partial charge in [-0.25, -0.2) is 0 Å². The van der Waals surface area contributed by atoms with Gasteiger partial charge in [-0.2, -0.15) is 0 Å². The van der Waals surface area contributed by atoms with Crippen molar-refractivity contribution in [1.29, 1.82) is 0 Å². The molecule has 1 aromatic carbocycles. The molecular formula is C14H19N3. The summed E-state index contributed by atoms with van der Waals surface area (Å²) in [6, 6.07) is 10.6. The predicted octanol–water partition coefficient (Wildman–Crippen LogP) is 2.86. The van der Waals surface area contributed by atoms with Crippen LogP contribution in [0.2, 0.25) is 0 Å². The number of aromatic nitrogens is 3. The van der Waals surface area contributed by atoms with E-state index in [1.165, 1.54) is 5.56 Å². The van der Waals surface area contributed by atoms with Crippen molar-refractivity contribution in [1.82, 2.24) is 15.0 Å². The molecule has 0 amide bonds. The van der Waals surface area contributed by atoms with Gasteiger partial charge >= 0.3 is 0 Å². The fraction of sp³-hybridized carbons (Fsp3) is 0.429. The Morgan fingerprint density at radius 2 is 1.94 bits per heavy atom. The van der Waals surface area contributed by atoms with Gasteiger partial charge in [0.1, 0.15) is 0 Å². The Morgan fingerprint density at radius 3 is 2.71 bits per heavy atom. The SMILES string of the molecule is CCCn1cc(CCCc2ccccc2)nn1. The molecule has 2 rings (SSSR count). The monoisotopic (exact) mass is 229 g/mol. The molecule has 0 aliphatic carbocycles. The summed E-state index contributed by atoms with van der Waals surface area (Å²) in [6.07, 6.45) is 6.43. The number of hydrogen-bond acceptors (Lipinski definition) is 2. The zero-order valence-corrected chi connectivity index (χ0v) is 10.3. The minimum absolute atomic E-state index is 0.964. The molecule has 0 spiro atoms. The zero-order chi connectivity index (χ0) is 11.9. The molecule has 3 nitrogen and oxygen atoms in total. The highest BCUT2D eigenvalue weighted by Crippen LogP contribution is 2.06. The molecule has 90 valence electrons. The van der Waals surface area contributed by atoms with Gasteiger partial charge in [0.15, 0.2) is 0 Å². The van der Waals surface area contributed by atoms with Crippen LogP contribution in [0.5, 0.6) is 0 Å². The molecular weight excluding hydrogens is 210 g/mol. The van der Waals surface area contributed by atoms with Crippen molar-refractivity contribution < 1.29 is 0 Å². The molecule has 0 fully saturated rings. The molecule has 2 aromatic rings. The van der Waals surface area contributed by atoms with Crippen LogP contribution in [0.4, 0.5) is 0 Å². The Hall–Kier alpha value is -1.64. The third kappa shape index (κ3) is 3.70. The van der Waals surface area contributed by atoms with Gasteiger partial charge in [-0.15, -0.1) is 5.10 Å². The van der Waals surface area contributed by atoms with E-state index in [4.69, 9.17) is 0 Å². The van der Waals surface area contributed by atoms with Gasteiger partial charge in [0.25, 0.3) is 0 Å². The van der Waals surface area contributed by atoms with Gasteiger partial charge in [-0.05, 0) is 31.2 Å². The smallest absolute Gasteiger partial charge is 0.0827 e. The highest BCUT2D eigenvalue weighted by atomic mass is 15.4. The fourth-order valence-corrected chi connectivity index (χ4v) is 1.91. The summed E-state index contributed by atoms with van der Waals surface area (Å²) in [6.45, 7) is 3.11. The van der Waals surface area contributed by atoms with Crippen LogP contribution in [0.25, 0.3) is 0 Å². The van der Waals surface area contributed by atoms with E-state index >= 15 is 0 Å². The third-order valence-electron chi connectivity index (χ3n) is 2.78. The molecule has 0 N–H and O–H groups in total. The molecule has 17 heavy (non-hydrogen) atoms. The predicted molar refractivity (Wildman–Crippen MR) is 68.8 cm³/mol. The van der Waals surface area contributed by atoms with Crippen LogP contribution in [0.1, 0.15) is 31.0 Å². The average molecular weight is 229 g/mol. The normalized spacial score (nSPS) is 10.6. The van der Waals surface area contributed by atoms with Gasteiger partial charge in [0, 0.05) is 12.7 Å². The number of nitrogens with zero attached hydrogens (tertiary/aromatic N) is 3. The maximum atomic E-state index is 4.18. The number of benzene rings is 1. The Bertz CT molecular complexity index is 434. The molecule has 0 atom stereocenters. The van der Waals surface area contributed by atoms with Crippen molar-refractivity contribution in [3.63, 3.8) is 0 Å². The molecule has 0 aliphatic heterocycles. The molecule has 0 saturated carbocycles. The van der Waals surface area contributed by atoms with Crippen LogP contribution in [0, 0.1) is 0 Å². The Labute approximate surface area is 102 Å². The lowest BCUT2D eigenvalue weighted by Gasteiger charge is -1.98. The van der Waals surface area contributed by atoms with Crippen molar-refractivity contribution in [3.8, 4) is 0 Å². The second-order valence-electron chi connectivity index (χ2n) is 4.31. The van der Waals surface area contributed by atoms with Crippen molar-refractivity contribution >= 4 is 0 Å². The number of rotatable bonds is 6. The second kappa shape index (κ2) is 6.18. The molecule has 3 heteroatoms. The highest BCUT2D eigenvalue weighted by molar-refractivity contribution is 5.14. The summed E-state index contributed by atoms with van der Waals surface area (Å²) in [5.74, 6) is 0. The molecule has 0 unspecified atom stereocenters. The summed E-state index contributed by atoms with van der Waals surface area (Å²) in [4.78, 5) is 0. The van der Waals surface area contributed by atoms with Crippen LogP contribution in [0.15, 0.2) is 36.5 Å². The van der Waals surface area contributed by atoms with Crippen LogP contribution >= 0.6 is 0 Å². The van der Waals surface area contributed by atoms with Crippen molar-refractivity contribution in [2.75, 3.05) is 0 Å². The molecule has 0 bridgehead atoms. The Morgan fingerprint density at radius 1 is 1.12 bits per heavy atom. The zero-order valence-electron chi connectivity index (χ0n) is 10.3. The van der Waals surface area contributed by atoms with E-state index in [0.717, 1.165) is 37.9 Å². The van der Waals surface area contributed by atoms with Crippen LogP contribution in [-0.2, 0) is 19.4 Å². The van der Waals surface area contributed by atoms with E-state index in [9.17, 15) is 0 Å². The summed E-state index contributed by atoms with van der Waals surface area (Å²) >= 11 is 0. The minimum Gasteiger partial charge on any atom is -0.252 e. The largest absolute Gasteiger partial charge is 0.252 e. The van der Waals surface area contributed by atoms with E-state index < -0.39 is 0 Å². The van der Waals surface area contributed by atoms with Gasteiger partial charge < -0.3 is 0 Å². The summed E-state index contributed by atoms with van der Waals surface area (Å²) in [5, 5.41) is 8.28. The molecule has 1 heterocycles. The first-order valence-corrected chi connectivity index (χ1v) is 6.31. The topological polar surface area (TPSA) is 30.7 Å². The first kappa shape index (κ1) is 11.8. The van der Waals surface area contributed by atoms with Crippen LogP contribution in [0.3, 0.4) is 0 Å². The fourth-order valence-electron chi connectivity index (χ4n) is 1.91. The van der Waals surface area contributed by atoms with Gasteiger partial charge in [0.05, 0.1) is 5.69 Å². The summed E-state index contributed by atoms with van der Waals surface area (Å²) in [7, 11) is 0. The lowest BCUT2D eigenvalue weighted by atomic mass is 10.1. The van der Waals surface area contributed by atoms with E-state index in [0.29, 0.717) is 0 Å². The van der Waals surface area contributed by atoms with E-state index in [1.54, 1.807) is 0 Å². The number of aryl methyl sites for hydroxylation is 3. The average Bonchev–Trinajstić information content (AvgIpc) is 2.79. The highest BCUT2D eigenvalue weighted by Gasteiger charge is 2.00. The van der Waals surface area contributed by atoms with Crippen molar-refractivity contribution in [2.24, 2.45) is 0 Å². The quantitative estimate of drug-likeness (QED) is 0.762. The van der Waals surface area contributed by atoms with Crippen molar-refractivity contribution in [2.45, 2.75) is 39.2 Å². The maximum absolute atomic E-state index is 4.18. The maximum Gasteiger partial charge on any atom is 0.0827 e. The van der Waals surface area contributed by atoms with E-state index in [-0.39, 0.29) is 0 Å². The van der Waals surface area contributed by atoms with Crippen molar-refractivity contribution in [3.05, 3.63) is 47.8 Å².